The highest BCUT2D eigenvalue weighted by Crippen LogP contribution is 2.21. The molecule has 80 valence electrons. The van der Waals surface area contributed by atoms with E-state index >= 15 is 0 Å². The zero-order valence-electron chi connectivity index (χ0n) is 8.48. The summed E-state index contributed by atoms with van der Waals surface area (Å²) in [4.78, 5) is 7.96. The number of halogens is 1. The topological polar surface area (TPSA) is 80.5 Å². The quantitative estimate of drug-likeness (QED) is 0.760. The van der Waals surface area contributed by atoms with Crippen molar-refractivity contribution >= 4 is 17.3 Å². The van der Waals surface area contributed by atoms with Crippen molar-refractivity contribution in [1.29, 1.82) is 5.26 Å². The maximum absolute atomic E-state index is 8.91. The Kier molecular flexibility index (Phi) is 2.50. The van der Waals surface area contributed by atoms with Crippen LogP contribution in [0.25, 0.3) is 5.82 Å². The highest BCUT2D eigenvalue weighted by molar-refractivity contribution is 6.28. The molecule has 6 heteroatoms. The number of nitrogens with two attached hydrogens (primary N) is 1. The number of nitrogens with zero attached hydrogens (tertiary/aromatic N) is 4. The smallest absolute Gasteiger partial charge is 0.224 e. The van der Waals surface area contributed by atoms with E-state index in [-0.39, 0.29) is 5.28 Å². The Bertz CT molecular complexity index is 581. The van der Waals surface area contributed by atoms with Crippen molar-refractivity contribution in [2.75, 3.05) is 5.73 Å². The van der Waals surface area contributed by atoms with Gasteiger partial charge in [-0.2, -0.15) is 10.2 Å². The number of nitrogen functional groups attached to an aromatic ring is 1. The monoisotopic (exact) mass is 233 g/mol. The highest BCUT2D eigenvalue weighted by atomic mass is 35.5. The first-order valence-electron chi connectivity index (χ1n) is 4.51. The van der Waals surface area contributed by atoms with Crippen LogP contribution in [0.4, 0.5) is 5.69 Å². The van der Waals surface area contributed by atoms with Gasteiger partial charge in [0.25, 0.3) is 0 Å². The Balaban J connectivity index is 2.70. The van der Waals surface area contributed by atoms with Crippen molar-refractivity contribution in [3.8, 4) is 11.9 Å². The first-order chi connectivity index (χ1) is 7.63. The van der Waals surface area contributed by atoms with Gasteiger partial charge in [0.05, 0.1) is 11.4 Å². The molecule has 0 aromatic carbocycles. The Morgan fingerprint density at radius 3 is 2.94 bits per heavy atom. The second-order valence-corrected chi connectivity index (χ2v) is 3.53. The number of aryl methyl sites for hydroxylation is 1. The van der Waals surface area contributed by atoms with Gasteiger partial charge >= 0.3 is 0 Å². The minimum Gasteiger partial charge on any atom is -0.394 e. The molecule has 0 atom stereocenters. The third kappa shape index (κ3) is 1.59. The molecule has 0 aliphatic carbocycles. The molecule has 2 rings (SSSR count). The summed E-state index contributed by atoms with van der Waals surface area (Å²) in [6.07, 6.45) is 1.70. The van der Waals surface area contributed by atoms with Gasteiger partial charge in [-0.05, 0) is 30.7 Å². The molecular formula is C10H8ClN5. The summed E-state index contributed by atoms with van der Waals surface area (Å²) in [6, 6.07) is 5.45. The molecule has 2 heterocycles. The van der Waals surface area contributed by atoms with Crippen LogP contribution in [-0.2, 0) is 0 Å². The molecule has 0 aliphatic heterocycles. The molecule has 0 bridgehead atoms. The minimum atomic E-state index is 0.110. The minimum absolute atomic E-state index is 0.110. The predicted octanol–water partition coefficient (Wildman–Crippen LogP) is 1.68. The van der Waals surface area contributed by atoms with Gasteiger partial charge in [-0.3, -0.25) is 4.57 Å². The van der Waals surface area contributed by atoms with Crippen LogP contribution in [0.1, 0.15) is 11.4 Å². The first kappa shape index (κ1) is 10.5. The summed E-state index contributed by atoms with van der Waals surface area (Å²) < 4.78 is 1.58. The summed E-state index contributed by atoms with van der Waals surface area (Å²) >= 11 is 5.76. The first-order valence-corrected chi connectivity index (χ1v) is 4.88. The summed E-state index contributed by atoms with van der Waals surface area (Å²) in [5.74, 6) is 0.430. The average molecular weight is 234 g/mol. The Morgan fingerprint density at radius 1 is 1.50 bits per heavy atom. The van der Waals surface area contributed by atoms with E-state index in [1.165, 1.54) is 0 Å². The van der Waals surface area contributed by atoms with Gasteiger partial charge < -0.3 is 5.73 Å². The van der Waals surface area contributed by atoms with E-state index in [1.54, 1.807) is 29.8 Å². The van der Waals surface area contributed by atoms with Gasteiger partial charge in [-0.25, -0.2) is 4.98 Å². The third-order valence-electron chi connectivity index (χ3n) is 2.18. The Morgan fingerprint density at radius 2 is 2.25 bits per heavy atom. The molecule has 0 aliphatic rings. The van der Waals surface area contributed by atoms with Gasteiger partial charge in [-0.15, -0.1) is 0 Å². The van der Waals surface area contributed by atoms with Gasteiger partial charge in [0.1, 0.15) is 11.8 Å². The van der Waals surface area contributed by atoms with Crippen LogP contribution in [-0.4, -0.2) is 14.5 Å². The second-order valence-electron chi connectivity index (χ2n) is 3.19. The molecule has 2 N–H and O–H groups in total. The van der Waals surface area contributed by atoms with Crippen LogP contribution >= 0.6 is 11.6 Å². The number of nitriles is 1. The van der Waals surface area contributed by atoms with Gasteiger partial charge in [0.2, 0.25) is 5.28 Å². The molecule has 16 heavy (non-hydrogen) atoms. The van der Waals surface area contributed by atoms with Crippen molar-refractivity contribution in [2.45, 2.75) is 6.92 Å². The van der Waals surface area contributed by atoms with Crippen LogP contribution in [0.2, 0.25) is 5.28 Å². The molecular weight excluding hydrogens is 226 g/mol. The van der Waals surface area contributed by atoms with Crippen LogP contribution < -0.4 is 5.73 Å². The van der Waals surface area contributed by atoms with Crippen molar-refractivity contribution < 1.29 is 0 Å². The lowest BCUT2D eigenvalue weighted by Crippen LogP contribution is -2.07. The molecule has 0 amide bonds. The zero-order valence-corrected chi connectivity index (χ0v) is 9.23. The van der Waals surface area contributed by atoms with Gasteiger partial charge in [0, 0.05) is 6.20 Å². The molecule has 0 saturated carbocycles. The third-order valence-corrected chi connectivity index (χ3v) is 2.35. The molecule has 2 aromatic rings. The summed E-state index contributed by atoms with van der Waals surface area (Å²) in [7, 11) is 0. The van der Waals surface area contributed by atoms with E-state index in [9.17, 15) is 0 Å². The number of anilines is 1. The van der Waals surface area contributed by atoms with E-state index in [2.05, 4.69) is 9.97 Å². The van der Waals surface area contributed by atoms with Crippen LogP contribution in [0.3, 0.4) is 0 Å². The number of hydrogen-bond acceptors (Lipinski definition) is 4. The highest BCUT2D eigenvalue weighted by Gasteiger charge is 2.11. The number of hydrogen-bond donors (Lipinski definition) is 1. The Hall–Kier alpha value is -2.06. The zero-order chi connectivity index (χ0) is 11.7. The van der Waals surface area contributed by atoms with Gasteiger partial charge in [0.15, 0.2) is 5.82 Å². The van der Waals surface area contributed by atoms with E-state index in [4.69, 9.17) is 22.6 Å². The SMILES string of the molecule is Cc1nc(Cl)nc(-n2cccc2C#N)c1N. The lowest BCUT2D eigenvalue weighted by atomic mass is 10.3. The average Bonchev–Trinajstić information content (AvgIpc) is 2.71. The standard InChI is InChI=1S/C10H8ClN5/c1-6-8(13)9(15-10(11)14-6)16-4-2-3-7(16)5-12/h2-4H,13H2,1H3. The van der Waals surface area contributed by atoms with Crippen LogP contribution in [0.15, 0.2) is 18.3 Å². The predicted molar refractivity (Wildman–Crippen MR) is 60.2 cm³/mol. The Labute approximate surface area is 97.1 Å². The van der Waals surface area contributed by atoms with Crippen LogP contribution in [0, 0.1) is 18.3 Å². The normalized spacial score (nSPS) is 10.1. The summed E-state index contributed by atoms with van der Waals surface area (Å²) in [5, 5.41) is 9.02. The fourth-order valence-electron chi connectivity index (χ4n) is 1.37. The van der Waals surface area contributed by atoms with Crippen molar-refractivity contribution in [2.24, 2.45) is 0 Å². The summed E-state index contributed by atoms with van der Waals surface area (Å²) in [5.41, 5.74) is 7.30. The summed E-state index contributed by atoms with van der Waals surface area (Å²) in [6.45, 7) is 1.74. The fraction of sp³-hybridized carbons (Fsp3) is 0.100. The van der Waals surface area contributed by atoms with Crippen molar-refractivity contribution in [1.82, 2.24) is 14.5 Å². The maximum Gasteiger partial charge on any atom is 0.224 e. The molecule has 2 aromatic heterocycles. The van der Waals surface area contributed by atoms with Crippen molar-refractivity contribution in [3.63, 3.8) is 0 Å². The fourth-order valence-corrected chi connectivity index (χ4v) is 1.58. The molecule has 0 radical (unpaired) electrons. The lowest BCUT2D eigenvalue weighted by Gasteiger charge is -2.09. The van der Waals surface area contributed by atoms with Crippen LogP contribution in [0.5, 0.6) is 0 Å². The molecule has 0 saturated heterocycles. The second kappa shape index (κ2) is 3.83. The largest absolute Gasteiger partial charge is 0.394 e. The van der Waals surface area contributed by atoms with Crippen molar-refractivity contribution in [3.05, 3.63) is 35.0 Å². The van der Waals surface area contributed by atoms with E-state index in [1.807, 2.05) is 6.07 Å². The van der Waals surface area contributed by atoms with E-state index < -0.39 is 0 Å². The number of aromatic nitrogens is 3. The van der Waals surface area contributed by atoms with Gasteiger partial charge in [-0.1, -0.05) is 0 Å². The van der Waals surface area contributed by atoms with E-state index in [0.29, 0.717) is 22.9 Å². The van der Waals surface area contributed by atoms with E-state index in [0.717, 1.165) is 0 Å². The molecule has 0 spiro atoms. The molecule has 0 unspecified atom stereocenters. The number of rotatable bonds is 1. The lowest BCUT2D eigenvalue weighted by molar-refractivity contribution is 0.959. The molecule has 0 fully saturated rings. The molecule has 5 nitrogen and oxygen atoms in total. The maximum atomic E-state index is 8.91.